The van der Waals surface area contributed by atoms with Crippen LogP contribution in [0, 0.1) is 5.41 Å². The lowest BCUT2D eigenvalue weighted by molar-refractivity contribution is 0.359. The lowest BCUT2D eigenvalue weighted by Gasteiger charge is -2.30. The van der Waals surface area contributed by atoms with Crippen molar-refractivity contribution < 1.29 is 0 Å². The van der Waals surface area contributed by atoms with Crippen molar-refractivity contribution in [2.45, 2.75) is 33.7 Å². The van der Waals surface area contributed by atoms with Gasteiger partial charge in [0.1, 0.15) is 11.4 Å². The fourth-order valence-electron chi connectivity index (χ4n) is 1.66. The molecule has 0 radical (unpaired) electrons. The highest BCUT2D eigenvalue weighted by Gasteiger charge is 2.26. The number of hydrogen-bond donors (Lipinski definition) is 2. The molecule has 0 aliphatic carbocycles. The summed E-state index contributed by atoms with van der Waals surface area (Å²) in [5.41, 5.74) is 0.405. The van der Waals surface area contributed by atoms with Gasteiger partial charge in [-0.15, -0.1) is 0 Å². The van der Waals surface area contributed by atoms with E-state index in [1.165, 1.54) is 0 Å². The van der Waals surface area contributed by atoms with E-state index >= 15 is 0 Å². The third kappa shape index (κ3) is 2.71. The smallest absolute Gasteiger partial charge is 0.253 e. The summed E-state index contributed by atoms with van der Waals surface area (Å²) in [5.74, 6) is 0. The zero-order valence-electron chi connectivity index (χ0n) is 12.2. The van der Waals surface area contributed by atoms with E-state index in [2.05, 4.69) is 36.4 Å². The average Bonchev–Trinajstić information content (AvgIpc) is 2.42. The van der Waals surface area contributed by atoms with Crippen molar-refractivity contribution in [3.63, 3.8) is 0 Å². The first-order valence-electron chi connectivity index (χ1n) is 6.57. The van der Waals surface area contributed by atoms with Crippen molar-refractivity contribution >= 4 is 17.1 Å². The predicted molar refractivity (Wildman–Crippen MR) is 81.4 cm³/mol. The molecule has 2 aromatic rings. The van der Waals surface area contributed by atoms with Crippen LogP contribution in [0.2, 0.25) is 0 Å². The Labute approximate surface area is 117 Å². The molecule has 0 saturated heterocycles. The molecule has 1 aromatic carbocycles. The Morgan fingerprint density at radius 1 is 1.15 bits per heavy atom. The van der Waals surface area contributed by atoms with E-state index in [1.54, 1.807) is 24.5 Å². The molecule has 2 N–H and O–H groups in total. The summed E-state index contributed by atoms with van der Waals surface area (Å²) in [4.78, 5) is 27.3. The first-order chi connectivity index (χ1) is 9.30. The minimum atomic E-state index is -0.488. The van der Waals surface area contributed by atoms with Gasteiger partial charge in [0.05, 0.1) is 11.9 Å². The number of nitrogens with one attached hydrogen (secondary N) is 2. The number of anilines is 3. The van der Waals surface area contributed by atoms with Gasteiger partial charge in [-0.1, -0.05) is 20.8 Å². The van der Waals surface area contributed by atoms with Crippen molar-refractivity contribution in [2.75, 3.05) is 10.6 Å². The maximum Gasteiger partial charge on any atom is 0.253 e. The van der Waals surface area contributed by atoms with Gasteiger partial charge >= 0.3 is 0 Å². The molecule has 1 heterocycles. The molecule has 0 amide bonds. The molecule has 2 rings (SSSR count). The zero-order chi connectivity index (χ0) is 14.9. The molecule has 1 unspecified atom stereocenters. The fraction of sp³-hybridized carbons (Fsp3) is 0.400. The Morgan fingerprint density at radius 2 is 1.80 bits per heavy atom. The van der Waals surface area contributed by atoms with Gasteiger partial charge in [0.2, 0.25) is 0 Å². The molecule has 5 heteroatoms. The second kappa shape index (κ2) is 5.07. The monoisotopic (exact) mass is 273 g/mol. The van der Waals surface area contributed by atoms with Gasteiger partial charge in [-0.2, -0.15) is 0 Å². The molecule has 0 spiro atoms. The summed E-state index contributed by atoms with van der Waals surface area (Å²) >= 11 is 0. The van der Waals surface area contributed by atoms with Crippen LogP contribution in [-0.2, 0) is 0 Å². The van der Waals surface area contributed by atoms with Gasteiger partial charge in [-0.05, 0) is 24.5 Å². The van der Waals surface area contributed by atoms with Crippen molar-refractivity contribution in [2.24, 2.45) is 5.41 Å². The quantitative estimate of drug-likeness (QED) is 0.836. The summed E-state index contributed by atoms with van der Waals surface area (Å²) in [6, 6.07) is 3.62. The number of hydrogen-bond acceptors (Lipinski definition) is 5. The fourth-order valence-corrected chi connectivity index (χ4v) is 1.66. The van der Waals surface area contributed by atoms with Crippen molar-refractivity contribution in [3.05, 3.63) is 45.0 Å². The highest BCUT2D eigenvalue weighted by atomic mass is 16.2. The first kappa shape index (κ1) is 14.2. The van der Waals surface area contributed by atoms with Crippen LogP contribution in [0.5, 0.6) is 0 Å². The number of rotatable bonds is 4. The van der Waals surface area contributed by atoms with E-state index < -0.39 is 10.9 Å². The molecule has 0 aliphatic rings. The van der Waals surface area contributed by atoms with Crippen molar-refractivity contribution in [3.8, 4) is 0 Å². The van der Waals surface area contributed by atoms with Crippen LogP contribution in [0.3, 0.4) is 0 Å². The minimum absolute atomic E-state index is 0.00860. The van der Waals surface area contributed by atoms with E-state index in [4.69, 9.17) is 0 Å². The molecular weight excluding hydrogens is 254 g/mol. The minimum Gasteiger partial charge on any atom is -0.377 e. The Balaban J connectivity index is 2.22. The van der Waals surface area contributed by atoms with E-state index in [9.17, 15) is 9.59 Å². The molecule has 0 aliphatic heterocycles. The maximum atomic E-state index is 11.7. The van der Waals surface area contributed by atoms with Crippen LogP contribution in [0.1, 0.15) is 27.7 Å². The van der Waals surface area contributed by atoms with E-state index in [0.29, 0.717) is 17.1 Å². The number of nitrogens with zero attached hydrogens (tertiary/aromatic N) is 1. The predicted octanol–water partition coefficient (Wildman–Crippen LogP) is 2.27. The largest absolute Gasteiger partial charge is 0.377 e. The van der Waals surface area contributed by atoms with Gasteiger partial charge in [-0.3, -0.25) is 14.6 Å². The normalized spacial score (nSPS) is 13.2. The summed E-state index contributed by atoms with van der Waals surface area (Å²) in [5, 5.41) is 6.08. The molecule has 0 saturated carbocycles. The van der Waals surface area contributed by atoms with E-state index in [-0.39, 0.29) is 11.5 Å². The second-order valence-electron chi connectivity index (χ2n) is 6.01. The van der Waals surface area contributed by atoms with E-state index in [0.717, 1.165) is 0 Å². The Bertz CT molecular complexity index is 665. The molecule has 0 bridgehead atoms. The second-order valence-corrected chi connectivity index (χ2v) is 6.01. The highest BCUT2D eigenvalue weighted by molar-refractivity contribution is 5.78. The summed E-state index contributed by atoms with van der Waals surface area (Å²) < 4.78 is 0. The molecule has 106 valence electrons. The van der Waals surface area contributed by atoms with Crippen LogP contribution < -0.4 is 21.5 Å². The summed E-state index contributed by atoms with van der Waals surface area (Å²) in [6.07, 6.45) is 3.25. The summed E-state index contributed by atoms with van der Waals surface area (Å²) in [6.45, 7) is 8.21. The molecule has 20 heavy (non-hydrogen) atoms. The Hall–Kier alpha value is -2.17. The Morgan fingerprint density at radius 3 is 2.35 bits per heavy atom. The lowest BCUT2D eigenvalue weighted by Crippen LogP contribution is -2.41. The molecule has 1 atom stereocenters. The molecular formula is C15H19N3O2. The topological polar surface area (TPSA) is 71.1 Å². The third-order valence-corrected chi connectivity index (χ3v) is 3.50. The maximum absolute atomic E-state index is 11.7. The lowest BCUT2D eigenvalue weighted by atomic mass is 9.87. The zero-order valence-corrected chi connectivity index (χ0v) is 12.2. The number of pyridine rings is 1. The third-order valence-electron chi connectivity index (χ3n) is 3.50. The van der Waals surface area contributed by atoms with Crippen molar-refractivity contribution in [1.82, 2.24) is 4.98 Å². The average molecular weight is 273 g/mol. The van der Waals surface area contributed by atoms with Gasteiger partial charge in [0, 0.05) is 12.2 Å². The SMILES string of the molecule is CC(Nc1c(Nc2cccnc2)c(=O)c1=O)C(C)(C)C. The standard InChI is InChI=1S/C15H19N3O2/c1-9(15(2,3)4)17-11-12(14(20)13(11)19)18-10-6-5-7-16-8-10/h5-9,17-18H,1-4H3. The van der Waals surface area contributed by atoms with Crippen LogP contribution >= 0.6 is 0 Å². The highest BCUT2D eigenvalue weighted by Crippen LogP contribution is 2.26. The van der Waals surface area contributed by atoms with Crippen LogP contribution in [0.15, 0.2) is 34.1 Å². The number of aromatic nitrogens is 1. The first-order valence-corrected chi connectivity index (χ1v) is 6.57. The van der Waals surface area contributed by atoms with Crippen LogP contribution in [0.25, 0.3) is 0 Å². The molecule has 1 aromatic heterocycles. The van der Waals surface area contributed by atoms with Crippen LogP contribution in [-0.4, -0.2) is 11.0 Å². The van der Waals surface area contributed by atoms with Crippen molar-refractivity contribution in [1.29, 1.82) is 0 Å². The van der Waals surface area contributed by atoms with Gasteiger partial charge < -0.3 is 10.6 Å². The van der Waals surface area contributed by atoms with Gasteiger partial charge in [0.15, 0.2) is 0 Å². The molecule has 5 nitrogen and oxygen atoms in total. The Kier molecular flexibility index (Phi) is 3.61. The van der Waals surface area contributed by atoms with Crippen LogP contribution in [0.4, 0.5) is 17.1 Å². The summed E-state index contributed by atoms with van der Waals surface area (Å²) in [7, 11) is 0. The molecule has 0 fully saturated rings. The van der Waals surface area contributed by atoms with Gasteiger partial charge in [0.25, 0.3) is 10.9 Å². The van der Waals surface area contributed by atoms with Gasteiger partial charge in [-0.25, -0.2) is 0 Å². The van der Waals surface area contributed by atoms with E-state index in [1.807, 2.05) is 6.92 Å².